The third-order valence-corrected chi connectivity index (χ3v) is 4.77. The molecule has 0 saturated carbocycles. The number of ether oxygens (including phenoxy) is 2. The maximum absolute atomic E-state index is 12.9. The van der Waals surface area contributed by atoms with Gasteiger partial charge in [0.05, 0.1) is 7.11 Å². The Kier molecular flexibility index (Phi) is 4.87. The van der Waals surface area contributed by atoms with E-state index in [0.29, 0.717) is 22.6 Å². The Hall–Kier alpha value is -3.86. The van der Waals surface area contributed by atoms with Crippen LogP contribution in [0, 0.1) is 0 Å². The predicted molar refractivity (Wildman–Crippen MR) is 109 cm³/mol. The molecule has 3 aromatic rings. The molecular weight excluding hydrogens is 368 g/mol. The molecule has 0 heterocycles. The number of fused-ring (bicyclic) bond motifs is 2. The second kappa shape index (κ2) is 7.64. The molecule has 3 aromatic carbocycles. The van der Waals surface area contributed by atoms with E-state index >= 15 is 0 Å². The molecule has 4 rings (SSSR count). The highest BCUT2D eigenvalue weighted by Gasteiger charge is 2.26. The molecule has 0 atom stereocenters. The fraction of sp³-hybridized carbons (Fsp3) is 0.0833. The number of methoxy groups -OCH3 is 1. The van der Waals surface area contributed by atoms with Gasteiger partial charge < -0.3 is 14.6 Å². The van der Waals surface area contributed by atoms with Crippen LogP contribution in [0.4, 0.5) is 0 Å². The summed E-state index contributed by atoms with van der Waals surface area (Å²) in [5, 5.41) is 8.90. The minimum atomic E-state index is -1.07. The maximum Gasteiger partial charge on any atom is 0.341 e. The molecule has 0 spiro atoms. The van der Waals surface area contributed by atoms with E-state index in [1.54, 1.807) is 12.1 Å². The summed E-state index contributed by atoms with van der Waals surface area (Å²) in [6.45, 7) is -0.462. The molecule has 1 N–H and O–H groups in total. The van der Waals surface area contributed by atoms with Crippen LogP contribution in [0.2, 0.25) is 0 Å². The lowest BCUT2D eigenvalue weighted by molar-refractivity contribution is -0.139. The van der Waals surface area contributed by atoms with E-state index in [0.717, 1.165) is 22.3 Å². The number of carboxylic acids is 1. The van der Waals surface area contributed by atoms with E-state index in [4.69, 9.17) is 14.6 Å². The molecular formula is C24H18O5. The van der Waals surface area contributed by atoms with E-state index in [9.17, 15) is 9.59 Å². The summed E-state index contributed by atoms with van der Waals surface area (Å²) in [6.07, 6.45) is 1.97. The van der Waals surface area contributed by atoms with E-state index < -0.39 is 12.6 Å². The summed E-state index contributed by atoms with van der Waals surface area (Å²) in [7, 11) is 1.50. The molecule has 0 unspecified atom stereocenters. The summed E-state index contributed by atoms with van der Waals surface area (Å²) in [4.78, 5) is 23.7. The third-order valence-electron chi connectivity index (χ3n) is 4.77. The maximum atomic E-state index is 12.9. The van der Waals surface area contributed by atoms with E-state index in [2.05, 4.69) is 0 Å². The van der Waals surface area contributed by atoms with Crippen molar-refractivity contribution < 1.29 is 24.2 Å². The molecule has 0 radical (unpaired) electrons. The minimum Gasteiger partial charge on any atom is -0.493 e. The molecule has 5 heteroatoms. The van der Waals surface area contributed by atoms with Crippen molar-refractivity contribution in [1.82, 2.24) is 0 Å². The van der Waals surface area contributed by atoms with Gasteiger partial charge in [-0.1, -0.05) is 54.6 Å². The Morgan fingerprint density at radius 3 is 2.03 bits per heavy atom. The van der Waals surface area contributed by atoms with Crippen molar-refractivity contribution >= 4 is 23.4 Å². The van der Waals surface area contributed by atoms with Gasteiger partial charge in [0.2, 0.25) is 0 Å². The fourth-order valence-corrected chi connectivity index (χ4v) is 3.48. The first kappa shape index (κ1) is 18.5. The molecule has 29 heavy (non-hydrogen) atoms. The Bertz CT molecular complexity index is 1090. The summed E-state index contributed by atoms with van der Waals surface area (Å²) < 4.78 is 10.6. The van der Waals surface area contributed by atoms with Crippen LogP contribution in [0.1, 0.15) is 32.6 Å². The van der Waals surface area contributed by atoms with Gasteiger partial charge in [-0.15, -0.1) is 0 Å². The number of hydrogen-bond donors (Lipinski definition) is 1. The molecule has 0 aromatic heterocycles. The summed E-state index contributed by atoms with van der Waals surface area (Å²) >= 11 is 0. The SMILES string of the molecule is COc1ccc(C=C2c3ccccc3C(=O)c3ccccc32)cc1OCC(=O)O. The topological polar surface area (TPSA) is 72.8 Å². The van der Waals surface area contributed by atoms with E-state index in [1.165, 1.54) is 7.11 Å². The molecule has 144 valence electrons. The average Bonchev–Trinajstić information content (AvgIpc) is 2.75. The third kappa shape index (κ3) is 3.50. The Morgan fingerprint density at radius 2 is 1.48 bits per heavy atom. The molecule has 0 fully saturated rings. The van der Waals surface area contributed by atoms with Gasteiger partial charge in [0, 0.05) is 11.1 Å². The Labute approximate surface area is 167 Å². The second-order valence-corrected chi connectivity index (χ2v) is 6.57. The zero-order valence-corrected chi connectivity index (χ0v) is 15.7. The van der Waals surface area contributed by atoms with Crippen molar-refractivity contribution in [2.75, 3.05) is 13.7 Å². The predicted octanol–water partition coefficient (Wildman–Crippen LogP) is 4.29. The standard InChI is InChI=1S/C24H18O5/c1-28-21-11-10-15(13-22(21)29-14-23(25)26)12-20-16-6-2-4-8-18(16)24(27)19-9-5-3-7-17(19)20/h2-13H,14H2,1H3,(H,25,26). The van der Waals surface area contributed by atoms with Crippen LogP contribution in [0.15, 0.2) is 66.7 Å². The highest BCUT2D eigenvalue weighted by molar-refractivity contribution is 6.20. The largest absolute Gasteiger partial charge is 0.493 e. The average molecular weight is 386 g/mol. The molecule has 0 amide bonds. The quantitative estimate of drug-likeness (QED) is 0.554. The molecule has 0 bridgehead atoms. The fourth-order valence-electron chi connectivity index (χ4n) is 3.48. The number of aliphatic carboxylic acids is 1. The van der Waals surface area contributed by atoms with Gasteiger partial charge in [0.1, 0.15) is 0 Å². The monoisotopic (exact) mass is 386 g/mol. The van der Waals surface area contributed by atoms with Gasteiger partial charge in [-0.05, 0) is 40.5 Å². The first-order valence-electron chi connectivity index (χ1n) is 9.06. The van der Waals surface area contributed by atoms with Crippen molar-refractivity contribution in [3.63, 3.8) is 0 Å². The zero-order valence-electron chi connectivity index (χ0n) is 15.7. The van der Waals surface area contributed by atoms with Gasteiger partial charge in [0.15, 0.2) is 23.9 Å². The Balaban J connectivity index is 1.85. The second-order valence-electron chi connectivity index (χ2n) is 6.57. The first-order chi connectivity index (χ1) is 14.1. The van der Waals surface area contributed by atoms with Crippen molar-refractivity contribution in [2.45, 2.75) is 0 Å². The van der Waals surface area contributed by atoms with Crippen molar-refractivity contribution in [2.24, 2.45) is 0 Å². The van der Waals surface area contributed by atoms with Gasteiger partial charge in [-0.25, -0.2) is 4.79 Å². The van der Waals surface area contributed by atoms with Crippen LogP contribution >= 0.6 is 0 Å². The minimum absolute atomic E-state index is 0.00793. The summed E-state index contributed by atoms with van der Waals surface area (Å²) in [5.74, 6) is -0.260. The molecule has 1 aliphatic rings. The lowest BCUT2D eigenvalue weighted by Gasteiger charge is -2.21. The van der Waals surface area contributed by atoms with E-state index in [1.807, 2.05) is 60.7 Å². The number of rotatable bonds is 5. The van der Waals surface area contributed by atoms with Crippen molar-refractivity contribution in [1.29, 1.82) is 0 Å². The van der Waals surface area contributed by atoms with Gasteiger partial charge in [0.25, 0.3) is 0 Å². The molecule has 1 aliphatic carbocycles. The molecule has 0 aliphatic heterocycles. The molecule has 0 saturated heterocycles. The number of carbonyl (C=O) groups excluding carboxylic acids is 1. The number of hydrogen-bond acceptors (Lipinski definition) is 4. The first-order valence-corrected chi connectivity index (χ1v) is 9.06. The Morgan fingerprint density at radius 1 is 0.897 bits per heavy atom. The van der Waals surface area contributed by atoms with Crippen molar-refractivity contribution in [3.05, 3.63) is 94.5 Å². The lowest BCUT2D eigenvalue weighted by Crippen LogP contribution is -2.14. The number of carbonyl (C=O) groups is 2. The van der Waals surface area contributed by atoms with Crippen LogP contribution in [0.25, 0.3) is 11.6 Å². The number of benzene rings is 3. The lowest BCUT2D eigenvalue weighted by atomic mass is 9.81. The number of ketones is 1. The van der Waals surface area contributed by atoms with Crippen LogP contribution in [0.5, 0.6) is 11.5 Å². The van der Waals surface area contributed by atoms with Gasteiger partial charge in [-0.2, -0.15) is 0 Å². The van der Waals surface area contributed by atoms with Crippen LogP contribution < -0.4 is 9.47 Å². The summed E-state index contributed by atoms with van der Waals surface area (Å²) in [5.41, 5.74) is 4.77. The van der Waals surface area contributed by atoms with Crippen LogP contribution in [-0.4, -0.2) is 30.6 Å². The normalized spacial score (nSPS) is 12.0. The smallest absolute Gasteiger partial charge is 0.341 e. The summed E-state index contributed by atoms with van der Waals surface area (Å²) in [6, 6.07) is 20.4. The van der Waals surface area contributed by atoms with E-state index in [-0.39, 0.29) is 5.78 Å². The van der Waals surface area contributed by atoms with Crippen molar-refractivity contribution in [3.8, 4) is 11.5 Å². The van der Waals surface area contributed by atoms with Crippen LogP contribution in [-0.2, 0) is 4.79 Å². The number of carboxylic acid groups (broad SMARTS) is 1. The van der Waals surface area contributed by atoms with Gasteiger partial charge in [-0.3, -0.25) is 4.79 Å². The zero-order chi connectivity index (χ0) is 20.4. The highest BCUT2D eigenvalue weighted by atomic mass is 16.5. The van der Waals surface area contributed by atoms with Crippen LogP contribution in [0.3, 0.4) is 0 Å². The highest BCUT2D eigenvalue weighted by Crippen LogP contribution is 2.38. The molecule has 5 nitrogen and oxygen atoms in total. The van der Waals surface area contributed by atoms with Gasteiger partial charge >= 0.3 is 5.97 Å².